The summed E-state index contributed by atoms with van der Waals surface area (Å²) in [7, 11) is -1.19. The third kappa shape index (κ3) is 3.42. The summed E-state index contributed by atoms with van der Waals surface area (Å²) in [5.74, 6) is 0. The van der Waals surface area contributed by atoms with Crippen LogP contribution in [0.3, 0.4) is 0 Å². The molecule has 2 rings (SSSR count). The lowest BCUT2D eigenvalue weighted by molar-refractivity contribution is 0.261. The minimum Gasteiger partial charge on any atom is -0.394 e. The van der Waals surface area contributed by atoms with E-state index in [2.05, 4.69) is 10.8 Å². The van der Waals surface area contributed by atoms with Crippen molar-refractivity contribution in [3.63, 3.8) is 0 Å². The Morgan fingerprint density at radius 3 is 2.63 bits per heavy atom. The van der Waals surface area contributed by atoms with Gasteiger partial charge in [-0.3, -0.25) is 0 Å². The molecule has 1 heterocycles. The minimum atomic E-state index is -1.19. The van der Waals surface area contributed by atoms with Gasteiger partial charge in [0.15, 0.2) is 0 Å². The van der Waals surface area contributed by atoms with E-state index in [9.17, 15) is 9.32 Å². The van der Waals surface area contributed by atoms with Crippen molar-refractivity contribution in [1.82, 2.24) is 4.72 Å². The zero-order valence-electron chi connectivity index (χ0n) is 11.3. The molecule has 0 bridgehead atoms. The molecule has 0 aliphatic carbocycles. The molecule has 19 heavy (non-hydrogen) atoms. The van der Waals surface area contributed by atoms with E-state index in [0.717, 1.165) is 10.3 Å². The van der Waals surface area contributed by atoms with Gasteiger partial charge in [0.2, 0.25) is 0 Å². The first-order valence-electron chi connectivity index (χ1n) is 6.19. The molecule has 0 aliphatic rings. The zero-order chi connectivity index (χ0) is 14.0. The minimum absolute atomic E-state index is 0.0609. The Morgan fingerprint density at radius 1 is 1.37 bits per heavy atom. The normalized spacial score (nSPS) is 15.6. The lowest BCUT2D eigenvalue weighted by Crippen LogP contribution is -2.36. The maximum atomic E-state index is 12.1. The van der Waals surface area contributed by atoms with Crippen LogP contribution in [-0.4, -0.2) is 20.7 Å². The number of rotatable bonds is 4. The molecule has 1 aromatic carbocycles. The fraction of sp³-hybridized carbons (Fsp3) is 0.429. The molecule has 0 aliphatic heterocycles. The molecule has 2 aromatic rings. The molecule has 0 radical (unpaired) electrons. The van der Waals surface area contributed by atoms with Gasteiger partial charge in [0.05, 0.1) is 28.4 Å². The highest BCUT2D eigenvalue weighted by molar-refractivity contribution is 7.84. The molecule has 0 saturated carbocycles. The van der Waals surface area contributed by atoms with Crippen LogP contribution in [-0.2, 0) is 11.0 Å². The largest absolute Gasteiger partial charge is 0.394 e. The first kappa shape index (κ1) is 14.7. The van der Waals surface area contributed by atoms with Gasteiger partial charge in [-0.2, -0.15) is 0 Å². The van der Waals surface area contributed by atoms with Gasteiger partial charge in [-0.1, -0.05) is 18.2 Å². The standard InChI is InChI=1S/C14H19NO2S2/c1-14(2,3)19(17)15-11(9-16)13-8-10-6-4-5-7-12(10)18-13/h4-8,11,15-16H,9H2,1-3H3/t11-,19+/m1/s1. The Kier molecular flexibility index (Phi) is 4.40. The molecule has 3 nitrogen and oxygen atoms in total. The molecule has 2 atom stereocenters. The Labute approximate surface area is 120 Å². The number of aliphatic hydroxyl groups is 1. The van der Waals surface area contributed by atoms with Gasteiger partial charge in [-0.15, -0.1) is 11.3 Å². The number of thiophene rings is 1. The molecule has 0 saturated heterocycles. The number of aliphatic hydroxyl groups excluding tert-OH is 1. The third-order valence-electron chi connectivity index (χ3n) is 2.78. The average Bonchev–Trinajstić information content (AvgIpc) is 2.77. The Morgan fingerprint density at radius 2 is 2.05 bits per heavy atom. The van der Waals surface area contributed by atoms with E-state index >= 15 is 0 Å². The van der Waals surface area contributed by atoms with Crippen LogP contribution in [0, 0.1) is 0 Å². The summed E-state index contributed by atoms with van der Waals surface area (Å²) in [6.45, 7) is 5.68. The fourth-order valence-electron chi connectivity index (χ4n) is 1.67. The number of nitrogens with one attached hydrogen (secondary N) is 1. The second kappa shape index (κ2) is 5.71. The monoisotopic (exact) mass is 297 g/mol. The van der Waals surface area contributed by atoms with E-state index < -0.39 is 11.0 Å². The van der Waals surface area contributed by atoms with Crippen LogP contribution in [0.5, 0.6) is 0 Å². The predicted octanol–water partition coefficient (Wildman–Crippen LogP) is 2.99. The Bertz CT molecular complexity index is 553. The van der Waals surface area contributed by atoms with Crippen molar-refractivity contribution in [2.45, 2.75) is 31.6 Å². The van der Waals surface area contributed by atoms with E-state index in [1.54, 1.807) is 11.3 Å². The van der Waals surface area contributed by atoms with Crippen molar-refractivity contribution in [3.8, 4) is 0 Å². The van der Waals surface area contributed by atoms with E-state index in [4.69, 9.17) is 0 Å². The van der Waals surface area contributed by atoms with Crippen molar-refractivity contribution in [2.24, 2.45) is 0 Å². The topological polar surface area (TPSA) is 49.3 Å². The van der Waals surface area contributed by atoms with Crippen LogP contribution < -0.4 is 4.72 Å². The SMILES string of the molecule is CC(C)(C)[S@](=O)N[C@H](CO)c1cc2ccccc2s1. The average molecular weight is 297 g/mol. The first-order chi connectivity index (χ1) is 8.91. The lowest BCUT2D eigenvalue weighted by Gasteiger charge is -2.22. The predicted molar refractivity (Wildman–Crippen MR) is 82.7 cm³/mol. The summed E-state index contributed by atoms with van der Waals surface area (Å²) < 4.78 is 16.0. The van der Waals surface area contributed by atoms with Crippen LogP contribution in [0.15, 0.2) is 30.3 Å². The molecule has 0 spiro atoms. The number of hydrogen-bond acceptors (Lipinski definition) is 3. The van der Waals surface area contributed by atoms with Gasteiger partial charge in [-0.05, 0) is 38.3 Å². The molecule has 0 fully saturated rings. The molecular weight excluding hydrogens is 278 g/mol. The maximum Gasteiger partial charge on any atom is 0.0977 e. The number of fused-ring (bicyclic) bond motifs is 1. The Hall–Kier alpha value is -0.750. The second-order valence-electron chi connectivity index (χ2n) is 5.42. The number of hydrogen-bond donors (Lipinski definition) is 2. The van der Waals surface area contributed by atoms with Gasteiger partial charge in [0.25, 0.3) is 0 Å². The summed E-state index contributed by atoms with van der Waals surface area (Å²) in [4.78, 5) is 1.02. The molecule has 0 unspecified atom stereocenters. The second-order valence-corrected chi connectivity index (χ2v) is 8.53. The highest BCUT2D eigenvalue weighted by Gasteiger charge is 2.24. The third-order valence-corrected chi connectivity index (χ3v) is 5.62. The fourth-order valence-corrected chi connectivity index (χ4v) is 3.66. The quantitative estimate of drug-likeness (QED) is 0.911. The van der Waals surface area contributed by atoms with Crippen molar-refractivity contribution in [3.05, 3.63) is 35.2 Å². The molecule has 1 aromatic heterocycles. The van der Waals surface area contributed by atoms with Gasteiger partial charge in [0, 0.05) is 9.58 Å². The Balaban J connectivity index is 2.24. The van der Waals surface area contributed by atoms with Crippen molar-refractivity contribution < 1.29 is 9.32 Å². The van der Waals surface area contributed by atoms with E-state index in [1.165, 1.54) is 4.70 Å². The van der Waals surface area contributed by atoms with Gasteiger partial charge in [0.1, 0.15) is 0 Å². The van der Waals surface area contributed by atoms with Gasteiger partial charge in [-0.25, -0.2) is 8.93 Å². The molecule has 2 N–H and O–H groups in total. The first-order valence-corrected chi connectivity index (χ1v) is 8.16. The van der Waals surface area contributed by atoms with Crippen molar-refractivity contribution in [2.75, 3.05) is 6.61 Å². The number of benzene rings is 1. The zero-order valence-corrected chi connectivity index (χ0v) is 13.0. The van der Waals surface area contributed by atoms with Crippen LogP contribution in [0.2, 0.25) is 0 Å². The summed E-state index contributed by atoms with van der Waals surface area (Å²) >= 11 is 1.63. The van der Waals surface area contributed by atoms with Gasteiger partial charge < -0.3 is 5.11 Å². The van der Waals surface area contributed by atoms with Crippen LogP contribution in [0.4, 0.5) is 0 Å². The van der Waals surface area contributed by atoms with Crippen LogP contribution in [0.25, 0.3) is 10.1 Å². The maximum absolute atomic E-state index is 12.1. The van der Waals surface area contributed by atoms with E-state index in [0.29, 0.717) is 0 Å². The van der Waals surface area contributed by atoms with E-state index in [1.807, 2.05) is 45.0 Å². The lowest BCUT2D eigenvalue weighted by atomic mass is 10.2. The molecule has 5 heteroatoms. The summed E-state index contributed by atoms with van der Waals surface area (Å²) in [5.41, 5.74) is 0. The van der Waals surface area contributed by atoms with Crippen molar-refractivity contribution in [1.29, 1.82) is 0 Å². The van der Waals surface area contributed by atoms with E-state index in [-0.39, 0.29) is 17.4 Å². The summed E-state index contributed by atoms with van der Waals surface area (Å²) in [6, 6.07) is 9.86. The molecular formula is C14H19NO2S2. The van der Waals surface area contributed by atoms with Crippen molar-refractivity contribution >= 4 is 32.4 Å². The van der Waals surface area contributed by atoms with Crippen LogP contribution >= 0.6 is 11.3 Å². The highest BCUT2D eigenvalue weighted by atomic mass is 32.2. The highest BCUT2D eigenvalue weighted by Crippen LogP contribution is 2.30. The molecule has 104 valence electrons. The summed E-state index contributed by atoms with van der Waals surface area (Å²) in [5, 5.41) is 10.7. The van der Waals surface area contributed by atoms with Crippen LogP contribution in [0.1, 0.15) is 31.7 Å². The molecule has 0 amide bonds. The smallest absolute Gasteiger partial charge is 0.0977 e. The van der Waals surface area contributed by atoms with Gasteiger partial charge >= 0.3 is 0 Å². The summed E-state index contributed by atoms with van der Waals surface area (Å²) in [6.07, 6.45) is 0.